The van der Waals surface area contributed by atoms with Gasteiger partial charge in [-0.1, -0.05) is 0 Å². The van der Waals surface area contributed by atoms with Gasteiger partial charge in [-0.2, -0.15) is 0 Å². The molecule has 0 saturated carbocycles. The van der Waals surface area contributed by atoms with E-state index in [1.165, 1.54) is 0 Å². The predicted molar refractivity (Wildman–Crippen MR) is 58.8 cm³/mol. The lowest BCUT2D eigenvalue weighted by Crippen LogP contribution is -2.23. The van der Waals surface area contributed by atoms with Gasteiger partial charge in [-0.05, 0) is 33.2 Å². The minimum atomic E-state index is 0.0188. The van der Waals surface area contributed by atoms with Crippen LogP contribution in [0.3, 0.4) is 0 Å². The first-order valence-corrected chi connectivity index (χ1v) is 5.01. The average Bonchev–Trinajstić information content (AvgIpc) is 2.45. The maximum absolute atomic E-state index is 9.11. The maximum atomic E-state index is 9.11. The van der Waals surface area contributed by atoms with E-state index < -0.39 is 0 Å². The van der Waals surface area contributed by atoms with Gasteiger partial charge < -0.3 is 19.6 Å². The zero-order chi connectivity index (χ0) is 10.7. The van der Waals surface area contributed by atoms with Crippen molar-refractivity contribution in [3.8, 4) is 0 Å². The first-order valence-electron chi connectivity index (χ1n) is 4.60. The second-order valence-corrected chi connectivity index (χ2v) is 4.11. The van der Waals surface area contributed by atoms with E-state index in [2.05, 4.69) is 16.8 Å². The molecule has 0 aromatic carbocycles. The monoisotopic (exact) mass is 215 g/mol. The highest BCUT2D eigenvalue weighted by molar-refractivity contribution is 7.71. The van der Waals surface area contributed by atoms with Crippen molar-refractivity contribution >= 4 is 12.2 Å². The molecule has 1 aromatic rings. The van der Waals surface area contributed by atoms with Gasteiger partial charge in [-0.25, -0.2) is 0 Å². The summed E-state index contributed by atoms with van der Waals surface area (Å²) in [5.74, 6) is 0. The molecule has 0 saturated heterocycles. The Bertz CT molecular complexity index is 342. The molecule has 0 spiro atoms. The van der Waals surface area contributed by atoms with Crippen LogP contribution in [0.4, 0.5) is 0 Å². The van der Waals surface area contributed by atoms with Crippen LogP contribution in [-0.2, 0) is 6.61 Å². The van der Waals surface area contributed by atoms with Crippen LogP contribution in [0.25, 0.3) is 0 Å². The number of imidazole rings is 1. The van der Waals surface area contributed by atoms with Crippen molar-refractivity contribution in [1.29, 1.82) is 0 Å². The van der Waals surface area contributed by atoms with Gasteiger partial charge in [0.15, 0.2) is 4.77 Å². The molecule has 1 aromatic heterocycles. The molecule has 1 heterocycles. The quantitative estimate of drug-likeness (QED) is 0.741. The SMILES string of the molecule is CC(CN(C)C)n1c(CO)c[nH]c1=S. The van der Waals surface area contributed by atoms with Gasteiger partial charge in [-0.15, -0.1) is 0 Å². The van der Waals surface area contributed by atoms with E-state index in [9.17, 15) is 0 Å². The summed E-state index contributed by atoms with van der Waals surface area (Å²) >= 11 is 5.15. The number of aromatic amines is 1. The lowest BCUT2D eigenvalue weighted by atomic mass is 10.3. The molecule has 5 heteroatoms. The number of hydrogen-bond acceptors (Lipinski definition) is 3. The van der Waals surface area contributed by atoms with Crippen molar-refractivity contribution in [2.75, 3.05) is 20.6 Å². The second kappa shape index (κ2) is 4.72. The minimum Gasteiger partial charge on any atom is -0.390 e. The number of aromatic nitrogens is 2. The molecule has 1 unspecified atom stereocenters. The Balaban J connectivity index is 2.92. The number of likely N-dealkylation sites (N-methyl/N-ethyl adjacent to an activating group) is 1. The molecule has 14 heavy (non-hydrogen) atoms. The van der Waals surface area contributed by atoms with E-state index in [4.69, 9.17) is 17.3 Å². The summed E-state index contributed by atoms with van der Waals surface area (Å²) < 4.78 is 2.62. The van der Waals surface area contributed by atoms with Gasteiger partial charge in [0, 0.05) is 18.8 Å². The van der Waals surface area contributed by atoms with E-state index in [0.29, 0.717) is 4.77 Å². The Labute approximate surface area is 89.2 Å². The molecule has 0 aliphatic heterocycles. The Morgan fingerprint density at radius 3 is 2.79 bits per heavy atom. The summed E-state index contributed by atoms with van der Waals surface area (Å²) in [5.41, 5.74) is 0.837. The predicted octanol–water partition coefficient (Wildman–Crippen LogP) is 1.16. The van der Waals surface area contributed by atoms with Crippen LogP contribution in [0, 0.1) is 4.77 Å². The molecule has 2 N–H and O–H groups in total. The largest absolute Gasteiger partial charge is 0.390 e. The van der Waals surface area contributed by atoms with Crippen molar-refractivity contribution in [2.24, 2.45) is 0 Å². The average molecular weight is 215 g/mol. The van der Waals surface area contributed by atoms with Crippen LogP contribution in [0.5, 0.6) is 0 Å². The number of nitrogens with zero attached hydrogens (tertiary/aromatic N) is 2. The first kappa shape index (κ1) is 11.4. The summed E-state index contributed by atoms with van der Waals surface area (Å²) in [7, 11) is 4.04. The first-order chi connectivity index (χ1) is 6.56. The van der Waals surface area contributed by atoms with E-state index in [1.54, 1.807) is 6.20 Å². The lowest BCUT2D eigenvalue weighted by molar-refractivity contribution is 0.259. The number of aliphatic hydroxyl groups is 1. The van der Waals surface area contributed by atoms with Crippen molar-refractivity contribution in [2.45, 2.75) is 19.6 Å². The van der Waals surface area contributed by atoms with Gasteiger partial charge in [0.2, 0.25) is 0 Å². The summed E-state index contributed by atoms with van der Waals surface area (Å²) in [4.78, 5) is 5.04. The molecular weight excluding hydrogens is 198 g/mol. The molecule has 0 bridgehead atoms. The summed E-state index contributed by atoms with van der Waals surface area (Å²) in [6, 6.07) is 0.269. The molecule has 0 aliphatic carbocycles. The maximum Gasteiger partial charge on any atom is 0.177 e. The van der Waals surface area contributed by atoms with Crippen LogP contribution >= 0.6 is 12.2 Å². The molecule has 80 valence electrons. The Morgan fingerprint density at radius 2 is 2.29 bits per heavy atom. The number of nitrogens with one attached hydrogen (secondary N) is 1. The molecule has 0 fully saturated rings. The fraction of sp³-hybridized carbons (Fsp3) is 0.667. The molecule has 1 rings (SSSR count). The smallest absolute Gasteiger partial charge is 0.177 e. The van der Waals surface area contributed by atoms with E-state index >= 15 is 0 Å². The van der Waals surface area contributed by atoms with Crippen LogP contribution in [0.1, 0.15) is 18.7 Å². The number of rotatable bonds is 4. The fourth-order valence-electron chi connectivity index (χ4n) is 1.63. The molecule has 4 nitrogen and oxygen atoms in total. The third kappa shape index (κ3) is 2.43. The highest BCUT2D eigenvalue weighted by Crippen LogP contribution is 2.12. The third-order valence-corrected chi connectivity index (χ3v) is 2.44. The number of H-pyrrole nitrogens is 1. The van der Waals surface area contributed by atoms with Crippen LogP contribution < -0.4 is 0 Å². The lowest BCUT2D eigenvalue weighted by Gasteiger charge is -2.19. The van der Waals surface area contributed by atoms with Crippen LogP contribution in [0.2, 0.25) is 0 Å². The van der Waals surface area contributed by atoms with Gasteiger partial charge in [0.1, 0.15) is 0 Å². The summed E-state index contributed by atoms with van der Waals surface area (Å²) in [6.45, 7) is 3.01. The van der Waals surface area contributed by atoms with Crippen molar-refractivity contribution in [1.82, 2.24) is 14.5 Å². The topological polar surface area (TPSA) is 44.2 Å². The normalized spacial score (nSPS) is 13.5. The minimum absolute atomic E-state index is 0.0188. The van der Waals surface area contributed by atoms with Gasteiger partial charge in [0.25, 0.3) is 0 Å². The van der Waals surface area contributed by atoms with Crippen molar-refractivity contribution in [3.05, 3.63) is 16.7 Å². The summed E-state index contributed by atoms with van der Waals surface area (Å²) in [6.07, 6.45) is 1.76. The standard InChI is InChI=1S/C9H17N3OS/c1-7(5-11(2)3)12-8(6-13)4-10-9(12)14/h4,7,13H,5-6H2,1-3H3,(H,10,14). The third-order valence-electron chi connectivity index (χ3n) is 2.12. The van der Waals surface area contributed by atoms with E-state index in [1.807, 2.05) is 18.7 Å². The van der Waals surface area contributed by atoms with Crippen molar-refractivity contribution < 1.29 is 5.11 Å². The van der Waals surface area contributed by atoms with Crippen molar-refractivity contribution in [3.63, 3.8) is 0 Å². The number of hydrogen-bond donors (Lipinski definition) is 2. The second-order valence-electron chi connectivity index (χ2n) is 3.72. The van der Waals surface area contributed by atoms with Crippen LogP contribution in [0.15, 0.2) is 6.20 Å². The Hall–Kier alpha value is -0.650. The van der Waals surface area contributed by atoms with Gasteiger partial charge in [0.05, 0.1) is 12.3 Å². The molecule has 0 aliphatic rings. The molecular formula is C9H17N3OS. The van der Waals surface area contributed by atoms with E-state index in [-0.39, 0.29) is 12.6 Å². The van der Waals surface area contributed by atoms with E-state index in [0.717, 1.165) is 12.2 Å². The Morgan fingerprint density at radius 1 is 1.64 bits per heavy atom. The highest BCUT2D eigenvalue weighted by atomic mass is 32.1. The molecule has 1 atom stereocenters. The van der Waals surface area contributed by atoms with Gasteiger partial charge >= 0.3 is 0 Å². The molecule has 0 radical (unpaired) electrons. The molecule has 0 amide bonds. The number of aliphatic hydroxyl groups excluding tert-OH is 1. The highest BCUT2D eigenvalue weighted by Gasteiger charge is 2.10. The Kier molecular flexibility index (Phi) is 3.86. The van der Waals surface area contributed by atoms with Gasteiger partial charge in [-0.3, -0.25) is 0 Å². The van der Waals surface area contributed by atoms with Crippen LogP contribution in [-0.4, -0.2) is 40.2 Å². The zero-order valence-electron chi connectivity index (χ0n) is 8.82. The fourth-order valence-corrected chi connectivity index (χ4v) is 1.99. The summed E-state index contributed by atoms with van der Waals surface area (Å²) in [5, 5.41) is 9.11. The zero-order valence-corrected chi connectivity index (χ0v) is 9.64.